The molecule has 184 valence electrons. The van der Waals surface area contributed by atoms with Crippen molar-refractivity contribution in [2.45, 2.75) is 50.4 Å². The normalized spacial score (nSPS) is 15.3. The van der Waals surface area contributed by atoms with Gasteiger partial charge in [0.1, 0.15) is 0 Å². The number of thioether (sulfide) groups is 1. The SMILES string of the molecule is CCCc1ccc(NC(=O)CSc2nc3cc(C(=O)OC)ccc3c(=O)n2C[C@H]2CCCO2)cc1. The molecule has 9 heteroatoms. The monoisotopic (exact) mass is 495 g/mol. The Morgan fingerprint density at radius 2 is 2.03 bits per heavy atom. The van der Waals surface area contributed by atoms with Crippen molar-refractivity contribution in [3.63, 3.8) is 0 Å². The van der Waals surface area contributed by atoms with Gasteiger partial charge in [-0.25, -0.2) is 9.78 Å². The Morgan fingerprint density at radius 3 is 2.71 bits per heavy atom. The first-order valence-corrected chi connectivity index (χ1v) is 12.7. The number of fused-ring (bicyclic) bond motifs is 1. The maximum absolute atomic E-state index is 13.3. The Hall–Kier alpha value is -3.17. The van der Waals surface area contributed by atoms with Crippen LogP contribution in [0.3, 0.4) is 0 Å². The molecule has 0 radical (unpaired) electrons. The van der Waals surface area contributed by atoms with Gasteiger partial charge < -0.3 is 14.8 Å². The number of ether oxygens (including phenoxy) is 2. The van der Waals surface area contributed by atoms with Crippen LogP contribution >= 0.6 is 11.8 Å². The number of methoxy groups -OCH3 is 1. The van der Waals surface area contributed by atoms with Crippen molar-refractivity contribution in [2.75, 3.05) is 24.8 Å². The summed E-state index contributed by atoms with van der Waals surface area (Å²) in [6.07, 6.45) is 3.80. The Balaban J connectivity index is 1.57. The van der Waals surface area contributed by atoms with Crippen molar-refractivity contribution in [1.29, 1.82) is 0 Å². The number of nitrogens with zero attached hydrogens (tertiary/aromatic N) is 2. The van der Waals surface area contributed by atoms with E-state index in [4.69, 9.17) is 9.47 Å². The van der Waals surface area contributed by atoms with Crippen molar-refractivity contribution in [3.8, 4) is 0 Å². The highest BCUT2D eigenvalue weighted by atomic mass is 32.2. The van der Waals surface area contributed by atoms with Crippen LogP contribution in [0, 0.1) is 0 Å². The topological polar surface area (TPSA) is 99.5 Å². The van der Waals surface area contributed by atoms with Crippen molar-refractivity contribution >= 4 is 40.2 Å². The molecule has 1 aliphatic rings. The summed E-state index contributed by atoms with van der Waals surface area (Å²) in [7, 11) is 1.30. The van der Waals surface area contributed by atoms with E-state index in [0.717, 1.165) is 31.4 Å². The molecule has 0 unspecified atom stereocenters. The Bertz CT molecular complexity index is 1270. The molecule has 0 bridgehead atoms. The average molecular weight is 496 g/mol. The van der Waals surface area contributed by atoms with Crippen LogP contribution in [0.1, 0.15) is 42.1 Å². The van der Waals surface area contributed by atoms with Crippen molar-refractivity contribution in [3.05, 3.63) is 63.9 Å². The van der Waals surface area contributed by atoms with E-state index in [-0.39, 0.29) is 23.3 Å². The first-order valence-electron chi connectivity index (χ1n) is 11.7. The first kappa shape index (κ1) is 24.9. The summed E-state index contributed by atoms with van der Waals surface area (Å²) in [5, 5.41) is 3.71. The molecule has 0 aliphatic carbocycles. The standard InChI is InChI=1S/C26H29N3O5S/c1-3-5-17-7-10-19(11-8-17)27-23(30)16-35-26-28-22-14-18(25(32)33-2)9-12-21(22)24(31)29(26)15-20-6-4-13-34-20/h7-12,14,20H,3-6,13,15-16H2,1-2H3,(H,27,30)/t20-/m1/s1. The van der Waals surface area contributed by atoms with Gasteiger partial charge in [0.05, 0.1) is 42.0 Å². The van der Waals surface area contributed by atoms with Gasteiger partial charge in [-0.1, -0.05) is 37.2 Å². The zero-order chi connectivity index (χ0) is 24.8. The molecule has 1 saturated heterocycles. The van der Waals surface area contributed by atoms with Gasteiger partial charge >= 0.3 is 5.97 Å². The van der Waals surface area contributed by atoms with E-state index in [1.54, 1.807) is 22.8 Å². The lowest BCUT2D eigenvalue weighted by Crippen LogP contribution is -2.29. The average Bonchev–Trinajstić information content (AvgIpc) is 3.38. The molecule has 1 aromatic heterocycles. The number of aryl methyl sites for hydroxylation is 1. The smallest absolute Gasteiger partial charge is 0.337 e. The number of benzene rings is 2. The summed E-state index contributed by atoms with van der Waals surface area (Å²) in [5.74, 6) is -0.619. The summed E-state index contributed by atoms with van der Waals surface area (Å²) in [5.41, 5.74) is 2.42. The molecule has 3 aromatic rings. The third-order valence-corrected chi connectivity index (χ3v) is 6.84. The quantitative estimate of drug-likeness (QED) is 0.272. The molecule has 2 heterocycles. The number of carbonyl (C=O) groups excluding carboxylic acids is 2. The van der Waals surface area contributed by atoms with Gasteiger partial charge in [-0.05, 0) is 55.2 Å². The number of rotatable bonds is 9. The molecule has 1 atom stereocenters. The number of aromatic nitrogens is 2. The molecule has 0 spiro atoms. The molecule has 1 aliphatic heterocycles. The van der Waals surface area contributed by atoms with E-state index in [1.807, 2.05) is 24.3 Å². The van der Waals surface area contributed by atoms with Gasteiger partial charge in [-0.3, -0.25) is 14.2 Å². The van der Waals surface area contributed by atoms with E-state index >= 15 is 0 Å². The van der Waals surface area contributed by atoms with Crippen LogP contribution in [0.25, 0.3) is 10.9 Å². The Morgan fingerprint density at radius 1 is 1.23 bits per heavy atom. The summed E-state index contributed by atoms with van der Waals surface area (Å²) in [6, 6.07) is 12.5. The third kappa shape index (κ3) is 6.10. The van der Waals surface area contributed by atoms with Gasteiger partial charge in [0.25, 0.3) is 5.56 Å². The zero-order valence-corrected chi connectivity index (χ0v) is 20.7. The maximum Gasteiger partial charge on any atom is 0.337 e. The van der Waals surface area contributed by atoms with Crippen LogP contribution in [-0.2, 0) is 27.2 Å². The summed E-state index contributed by atoms with van der Waals surface area (Å²) in [6.45, 7) is 3.16. The predicted molar refractivity (Wildman–Crippen MR) is 136 cm³/mol. The number of amides is 1. The number of esters is 1. The predicted octanol–water partition coefficient (Wildman–Crippen LogP) is 4.05. The maximum atomic E-state index is 13.3. The number of nitrogens with one attached hydrogen (secondary N) is 1. The number of hydrogen-bond acceptors (Lipinski definition) is 7. The highest BCUT2D eigenvalue weighted by molar-refractivity contribution is 7.99. The molecule has 8 nitrogen and oxygen atoms in total. The molecular formula is C26H29N3O5S. The lowest BCUT2D eigenvalue weighted by Gasteiger charge is -2.16. The second-order valence-electron chi connectivity index (χ2n) is 8.45. The summed E-state index contributed by atoms with van der Waals surface area (Å²) >= 11 is 1.19. The molecule has 35 heavy (non-hydrogen) atoms. The highest BCUT2D eigenvalue weighted by Gasteiger charge is 2.21. The third-order valence-electron chi connectivity index (χ3n) is 5.86. The lowest BCUT2D eigenvalue weighted by atomic mass is 10.1. The lowest BCUT2D eigenvalue weighted by molar-refractivity contribution is -0.113. The number of anilines is 1. The molecule has 0 saturated carbocycles. The zero-order valence-electron chi connectivity index (χ0n) is 19.9. The second-order valence-corrected chi connectivity index (χ2v) is 9.39. The van der Waals surface area contributed by atoms with Gasteiger partial charge in [-0.2, -0.15) is 0 Å². The van der Waals surface area contributed by atoms with E-state index in [0.29, 0.717) is 34.8 Å². The minimum Gasteiger partial charge on any atom is -0.465 e. The summed E-state index contributed by atoms with van der Waals surface area (Å²) < 4.78 is 12.1. The molecule has 2 aromatic carbocycles. The summed E-state index contributed by atoms with van der Waals surface area (Å²) in [4.78, 5) is 42.6. The largest absolute Gasteiger partial charge is 0.465 e. The Kier molecular flexibility index (Phi) is 8.20. The van der Waals surface area contributed by atoms with E-state index in [2.05, 4.69) is 17.2 Å². The van der Waals surface area contributed by atoms with Crippen LogP contribution in [0.2, 0.25) is 0 Å². The van der Waals surface area contributed by atoms with E-state index in [1.165, 1.54) is 24.4 Å². The fourth-order valence-electron chi connectivity index (χ4n) is 4.08. The Labute approximate surface area is 208 Å². The fourth-order valence-corrected chi connectivity index (χ4v) is 4.89. The van der Waals surface area contributed by atoms with Crippen LogP contribution < -0.4 is 10.9 Å². The van der Waals surface area contributed by atoms with Gasteiger partial charge in [-0.15, -0.1) is 0 Å². The van der Waals surface area contributed by atoms with Crippen molar-refractivity contribution in [2.24, 2.45) is 0 Å². The second kappa shape index (κ2) is 11.5. The van der Waals surface area contributed by atoms with Crippen LogP contribution in [-0.4, -0.2) is 47.0 Å². The van der Waals surface area contributed by atoms with E-state index in [9.17, 15) is 14.4 Å². The van der Waals surface area contributed by atoms with Gasteiger partial charge in [0.15, 0.2) is 5.16 Å². The van der Waals surface area contributed by atoms with Gasteiger partial charge in [0.2, 0.25) is 5.91 Å². The molecule has 1 fully saturated rings. The minimum absolute atomic E-state index is 0.0731. The van der Waals surface area contributed by atoms with Crippen molar-refractivity contribution < 1.29 is 19.1 Å². The molecule has 1 amide bonds. The molecule has 4 rings (SSSR count). The van der Waals surface area contributed by atoms with Crippen LogP contribution in [0.4, 0.5) is 5.69 Å². The van der Waals surface area contributed by atoms with Crippen molar-refractivity contribution in [1.82, 2.24) is 9.55 Å². The van der Waals surface area contributed by atoms with Gasteiger partial charge in [0, 0.05) is 12.3 Å². The minimum atomic E-state index is -0.504. The highest BCUT2D eigenvalue weighted by Crippen LogP contribution is 2.22. The number of hydrogen-bond donors (Lipinski definition) is 1. The molecule has 1 N–H and O–H groups in total. The van der Waals surface area contributed by atoms with Crippen LogP contribution in [0.5, 0.6) is 0 Å². The van der Waals surface area contributed by atoms with Crippen LogP contribution in [0.15, 0.2) is 52.4 Å². The fraction of sp³-hybridized carbons (Fsp3) is 0.385. The first-order chi connectivity index (χ1) is 17.0. The number of carbonyl (C=O) groups is 2. The molecular weight excluding hydrogens is 466 g/mol. The van der Waals surface area contributed by atoms with E-state index < -0.39 is 5.97 Å².